The van der Waals surface area contributed by atoms with Crippen molar-refractivity contribution in [1.29, 1.82) is 0 Å². The first-order valence-corrected chi connectivity index (χ1v) is 11.5. The molecule has 8 heteroatoms. The van der Waals surface area contributed by atoms with Crippen LogP contribution >= 0.6 is 23.4 Å². The first-order valence-electron chi connectivity index (χ1n) is 10.3. The lowest BCUT2D eigenvalue weighted by molar-refractivity contribution is -0.118. The van der Waals surface area contributed by atoms with E-state index in [0.717, 1.165) is 16.7 Å². The Balaban J connectivity index is 1.36. The van der Waals surface area contributed by atoms with Gasteiger partial charge in [-0.1, -0.05) is 65.8 Å². The fraction of sp³-hybridized carbons (Fsp3) is 0.160. The number of halogens is 1. The predicted octanol–water partition coefficient (Wildman–Crippen LogP) is 5.09. The molecule has 1 atom stereocenters. The van der Waals surface area contributed by atoms with Gasteiger partial charge < -0.3 is 14.8 Å². The fourth-order valence-electron chi connectivity index (χ4n) is 3.23. The lowest BCUT2D eigenvalue weighted by Crippen LogP contribution is -2.25. The van der Waals surface area contributed by atoms with Crippen molar-refractivity contribution < 1.29 is 14.3 Å². The SMILES string of the molecule is COc1cc(/C=N/N=C2\NC(=O)C(Cc3cccc(Cl)c3)S2)ccc1OCc1ccccc1. The average Bonchev–Trinajstić information content (AvgIpc) is 3.17. The van der Waals surface area contributed by atoms with Crippen LogP contribution in [0.4, 0.5) is 0 Å². The minimum Gasteiger partial charge on any atom is -0.493 e. The van der Waals surface area contributed by atoms with Crippen LogP contribution in [-0.4, -0.2) is 29.6 Å². The van der Waals surface area contributed by atoms with Gasteiger partial charge in [0.05, 0.1) is 18.6 Å². The first-order chi connectivity index (χ1) is 16.1. The van der Waals surface area contributed by atoms with E-state index in [9.17, 15) is 4.79 Å². The van der Waals surface area contributed by atoms with E-state index < -0.39 is 0 Å². The van der Waals surface area contributed by atoms with Gasteiger partial charge >= 0.3 is 0 Å². The van der Waals surface area contributed by atoms with Crippen LogP contribution < -0.4 is 14.8 Å². The van der Waals surface area contributed by atoms with Gasteiger partial charge in [0.2, 0.25) is 5.91 Å². The van der Waals surface area contributed by atoms with Gasteiger partial charge in [0.25, 0.3) is 0 Å². The molecule has 6 nitrogen and oxygen atoms in total. The Kier molecular flexibility index (Phi) is 7.65. The largest absolute Gasteiger partial charge is 0.493 e. The van der Waals surface area contributed by atoms with Gasteiger partial charge in [0.15, 0.2) is 16.7 Å². The topological polar surface area (TPSA) is 72.3 Å². The molecule has 0 saturated carbocycles. The molecule has 0 spiro atoms. The van der Waals surface area contributed by atoms with E-state index in [1.807, 2.05) is 72.8 Å². The molecule has 168 valence electrons. The number of carbonyl (C=O) groups is 1. The molecular formula is C25H22ClN3O3S. The number of hydrogen-bond donors (Lipinski definition) is 1. The van der Waals surface area contributed by atoms with Crippen LogP contribution in [0.2, 0.25) is 5.02 Å². The van der Waals surface area contributed by atoms with Crippen molar-refractivity contribution in [2.75, 3.05) is 7.11 Å². The number of benzene rings is 3. The van der Waals surface area contributed by atoms with Crippen molar-refractivity contribution in [2.24, 2.45) is 10.2 Å². The third-order valence-electron chi connectivity index (χ3n) is 4.87. The Morgan fingerprint density at radius 2 is 1.85 bits per heavy atom. The monoisotopic (exact) mass is 479 g/mol. The van der Waals surface area contributed by atoms with E-state index in [-0.39, 0.29) is 11.2 Å². The van der Waals surface area contributed by atoms with Gasteiger partial charge in [-0.3, -0.25) is 4.79 Å². The molecule has 0 bridgehead atoms. The maximum absolute atomic E-state index is 12.3. The Morgan fingerprint density at radius 1 is 1.03 bits per heavy atom. The van der Waals surface area contributed by atoms with Crippen molar-refractivity contribution in [3.05, 3.63) is 94.5 Å². The standard InChI is InChI=1S/C25H22ClN3O3S/c1-31-22-13-19(10-11-21(22)32-16-17-6-3-2-4-7-17)15-27-29-25-28-24(30)23(33-25)14-18-8-5-9-20(26)12-18/h2-13,15,23H,14,16H2,1H3,(H,28,29,30)/b27-15+. The number of amidine groups is 1. The molecule has 0 radical (unpaired) electrons. The molecule has 0 aromatic heterocycles. The summed E-state index contributed by atoms with van der Waals surface area (Å²) in [6, 6.07) is 23.0. The summed E-state index contributed by atoms with van der Waals surface area (Å²) in [6.07, 6.45) is 2.18. The summed E-state index contributed by atoms with van der Waals surface area (Å²) in [5.74, 6) is 1.16. The minimum atomic E-state index is -0.265. The molecule has 1 unspecified atom stereocenters. The van der Waals surface area contributed by atoms with E-state index in [0.29, 0.717) is 34.7 Å². The van der Waals surface area contributed by atoms with Crippen molar-refractivity contribution in [1.82, 2.24) is 5.32 Å². The van der Waals surface area contributed by atoms with Crippen molar-refractivity contribution in [3.8, 4) is 11.5 Å². The van der Waals surface area contributed by atoms with Gasteiger partial charge in [0.1, 0.15) is 6.61 Å². The summed E-state index contributed by atoms with van der Waals surface area (Å²) in [6.45, 7) is 0.450. The number of rotatable bonds is 8. The number of methoxy groups -OCH3 is 1. The van der Waals surface area contributed by atoms with Crippen LogP contribution in [0.1, 0.15) is 16.7 Å². The Hall–Kier alpha value is -3.29. The van der Waals surface area contributed by atoms with Gasteiger partial charge in [0, 0.05) is 5.02 Å². The van der Waals surface area contributed by atoms with Gasteiger partial charge in [-0.05, 0) is 53.4 Å². The van der Waals surface area contributed by atoms with Crippen LogP contribution in [0.25, 0.3) is 0 Å². The Labute approximate surface area is 201 Å². The molecule has 1 amide bonds. The van der Waals surface area contributed by atoms with E-state index >= 15 is 0 Å². The summed E-state index contributed by atoms with van der Waals surface area (Å²) < 4.78 is 11.3. The lowest BCUT2D eigenvalue weighted by Gasteiger charge is -2.11. The summed E-state index contributed by atoms with van der Waals surface area (Å²) >= 11 is 7.39. The van der Waals surface area contributed by atoms with Gasteiger partial charge in [-0.2, -0.15) is 5.10 Å². The molecule has 1 aliphatic heterocycles. The second-order valence-electron chi connectivity index (χ2n) is 7.26. The fourth-order valence-corrected chi connectivity index (χ4v) is 4.41. The molecule has 3 aromatic rings. The average molecular weight is 480 g/mol. The van der Waals surface area contributed by atoms with Crippen LogP contribution in [-0.2, 0) is 17.8 Å². The number of amides is 1. The molecule has 33 heavy (non-hydrogen) atoms. The molecule has 1 heterocycles. The van der Waals surface area contributed by atoms with E-state index in [1.165, 1.54) is 11.8 Å². The zero-order valence-electron chi connectivity index (χ0n) is 17.9. The highest BCUT2D eigenvalue weighted by Crippen LogP contribution is 2.28. The number of ether oxygens (including phenoxy) is 2. The van der Waals surface area contributed by atoms with Crippen LogP contribution in [0, 0.1) is 0 Å². The predicted molar refractivity (Wildman–Crippen MR) is 133 cm³/mol. The maximum Gasteiger partial charge on any atom is 0.239 e. The summed E-state index contributed by atoms with van der Waals surface area (Å²) in [4.78, 5) is 12.3. The first kappa shape index (κ1) is 22.9. The third-order valence-corrected chi connectivity index (χ3v) is 6.17. The number of carbonyl (C=O) groups excluding carboxylic acids is 1. The highest BCUT2D eigenvalue weighted by molar-refractivity contribution is 8.15. The Bertz CT molecular complexity index is 1180. The van der Waals surface area contributed by atoms with Crippen molar-refractivity contribution in [2.45, 2.75) is 18.3 Å². The smallest absolute Gasteiger partial charge is 0.239 e. The van der Waals surface area contributed by atoms with Crippen LogP contribution in [0.3, 0.4) is 0 Å². The van der Waals surface area contributed by atoms with E-state index in [4.69, 9.17) is 21.1 Å². The minimum absolute atomic E-state index is 0.0875. The molecule has 1 N–H and O–H groups in total. The van der Waals surface area contributed by atoms with Gasteiger partial charge in [-0.25, -0.2) is 0 Å². The highest BCUT2D eigenvalue weighted by atomic mass is 35.5. The van der Waals surface area contributed by atoms with Crippen LogP contribution in [0.15, 0.2) is 83.0 Å². The van der Waals surface area contributed by atoms with E-state index in [2.05, 4.69) is 15.5 Å². The normalized spacial score (nSPS) is 16.8. The molecule has 3 aromatic carbocycles. The summed E-state index contributed by atoms with van der Waals surface area (Å²) in [7, 11) is 1.59. The molecule has 1 fully saturated rings. The highest BCUT2D eigenvalue weighted by Gasteiger charge is 2.30. The third kappa shape index (κ3) is 6.37. The maximum atomic E-state index is 12.3. The number of nitrogens with zero attached hydrogens (tertiary/aromatic N) is 2. The van der Waals surface area contributed by atoms with Gasteiger partial charge in [-0.15, -0.1) is 5.10 Å². The number of thioether (sulfide) groups is 1. The van der Waals surface area contributed by atoms with Crippen LogP contribution in [0.5, 0.6) is 11.5 Å². The second-order valence-corrected chi connectivity index (χ2v) is 8.89. The zero-order valence-corrected chi connectivity index (χ0v) is 19.5. The molecule has 4 rings (SSSR count). The van der Waals surface area contributed by atoms with E-state index in [1.54, 1.807) is 13.3 Å². The second kappa shape index (κ2) is 11.0. The molecule has 1 saturated heterocycles. The Morgan fingerprint density at radius 3 is 2.64 bits per heavy atom. The quantitative estimate of drug-likeness (QED) is 0.360. The number of nitrogens with one attached hydrogen (secondary N) is 1. The summed E-state index contributed by atoms with van der Waals surface area (Å²) in [5, 5.41) is 11.9. The molecular weight excluding hydrogens is 458 g/mol. The summed E-state index contributed by atoms with van der Waals surface area (Å²) in [5.41, 5.74) is 2.88. The lowest BCUT2D eigenvalue weighted by atomic mass is 10.1. The van der Waals surface area contributed by atoms with Crippen molar-refractivity contribution in [3.63, 3.8) is 0 Å². The zero-order chi connectivity index (χ0) is 23.0. The van der Waals surface area contributed by atoms with Crippen molar-refractivity contribution >= 4 is 40.7 Å². The number of hydrogen-bond acceptors (Lipinski definition) is 6. The molecule has 1 aliphatic rings. The molecule has 0 aliphatic carbocycles.